The number of halogens is 8. The molecule has 0 aliphatic carbocycles. The van der Waals surface area contributed by atoms with Gasteiger partial charge in [0.05, 0.1) is 11.3 Å². The summed E-state index contributed by atoms with van der Waals surface area (Å²) >= 11 is 6.45. The zero-order chi connectivity index (χ0) is 37.9. The van der Waals surface area contributed by atoms with Crippen LogP contribution in [0.15, 0.2) is 83.9 Å². The van der Waals surface area contributed by atoms with E-state index in [-0.39, 0.29) is 10.5 Å². The predicted octanol–water partition coefficient (Wildman–Crippen LogP) is 6.95. The summed E-state index contributed by atoms with van der Waals surface area (Å²) < 4.78 is 86.6. The highest BCUT2D eigenvalue weighted by Gasteiger charge is 2.38. The number of nitrogens with two attached hydrogens (primary N) is 1. The standard InChI is InChI=1S/C18H16ClN5.C7H4ClNO2S.2C2HF3O2/c19-24-16-3-1-2-12(10-16)4-5-13-8-14(20)11-15(9-13)22-17-6-7-21-18(24)23-17;8-12(10,11)7-4-2-1-3-6(7)5-9;2*3-2(4,5)1(6)7/h1-3,6-11H,4-5,20H2,(H,21,22,23);1-4H;2*(H,6,7). The number of hydrogen-bond acceptors (Lipinski definition) is 10. The molecule has 0 saturated carbocycles. The van der Waals surface area contributed by atoms with Gasteiger partial charge in [0.25, 0.3) is 9.05 Å². The predicted molar refractivity (Wildman–Crippen MR) is 170 cm³/mol. The van der Waals surface area contributed by atoms with Gasteiger partial charge in [-0.3, -0.25) is 0 Å². The normalized spacial score (nSPS) is 12.1. The molecule has 0 amide bonds. The van der Waals surface area contributed by atoms with Crippen LogP contribution in [0.3, 0.4) is 0 Å². The average molecular weight is 767 g/mol. The van der Waals surface area contributed by atoms with Crippen molar-refractivity contribution in [3.8, 4) is 6.07 Å². The van der Waals surface area contributed by atoms with Crippen molar-refractivity contribution in [3.63, 3.8) is 0 Å². The smallest absolute Gasteiger partial charge is 0.475 e. The Bertz CT molecular complexity index is 1950. The lowest BCUT2D eigenvalue weighted by Gasteiger charge is -2.15. The van der Waals surface area contributed by atoms with Crippen LogP contribution in [0.5, 0.6) is 0 Å². The van der Waals surface area contributed by atoms with Gasteiger partial charge in [-0.25, -0.2) is 27.4 Å². The third-order valence-electron chi connectivity index (χ3n) is 5.70. The molecule has 50 heavy (non-hydrogen) atoms. The third kappa shape index (κ3) is 13.3. The van der Waals surface area contributed by atoms with Crippen LogP contribution < -0.4 is 15.5 Å². The number of nitrogens with one attached hydrogen (secondary N) is 1. The summed E-state index contributed by atoms with van der Waals surface area (Å²) in [6.45, 7) is 0. The van der Waals surface area contributed by atoms with E-state index >= 15 is 0 Å². The number of fused-ring (bicyclic) bond motifs is 6. The monoisotopic (exact) mass is 766 g/mol. The Labute approximate surface area is 288 Å². The van der Waals surface area contributed by atoms with Crippen molar-refractivity contribution in [2.45, 2.75) is 30.1 Å². The van der Waals surface area contributed by atoms with Crippen molar-refractivity contribution in [1.82, 2.24) is 9.97 Å². The number of aromatic nitrogens is 2. The Kier molecular flexibility index (Phi) is 14.2. The molecule has 0 spiro atoms. The number of aryl methyl sites for hydroxylation is 2. The fourth-order valence-electron chi connectivity index (χ4n) is 3.61. The minimum Gasteiger partial charge on any atom is -0.475 e. The second kappa shape index (κ2) is 17.4. The number of aliphatic carboxylic acids is 2. The van der Waals surface area contributed by atoms with E-state index in [2.05, 4.69) is 33.5 Å². The SMILES string of the molecule is N#Cc1ccccc1S(=O)(=O)Cl.Nc1cc2cc(c1)Nc1ccnc(n1)N(Cl)c1cccc(c1)CC2.O=C(O)C(F)(F)F.O=C(O)C(F)(F)F. The first-order chi connectivity index (χ1) is 23.1. The Morgan fingerprint density at radius 1 is 0.900 bits per heavy atom. The molecule has 266 valence electrons. The minimum atomic E-state index is -5.08. The number of nitrogen functional groups attached to an aromatic ring is 1. The number of carboxylic acid groups (broad SMARTS) is 2. The Hall–Kier alpha value is -5.32. The summed E-state index contributed by atoms with van der Waals surface area (Å²) in [6.07, 6.45) is -6.69. The van der Waals surface area contributed by atoms with Gasteiger partial charge in [-0.05, 0) is 72.5 Å². The van der Waals surface area contributed by atoms with Gasteiger partial charge >= 0.3 is 24.3 Å². The molecular formula is C29H22Cl2F6N6O6S. The Balaban J connectivity index is 0.000000278. The molecule has 4 aromatic rings. The van der Waals surface area contributed by atoms with E-state index in [4.69, 9.17) is 53.3 Å². The Morgan fingerprint density at radius 2 is 1.48 bits per heavy atom. The first kappa shape index (κ1) is 40.9. The van der Waals surface area contributed by atoms with Gasteiger partial charge in [0.2, 0.25) is 5.95 Å². The molecule has 5 N–H and O–H groups in total. The van der Waals surface area contributed by atoms with E-state index < -0.39 is 33.3 Å². The molecule has 0 atom stereocenters. The van der Waals surface area contributed by atoms with Crippen LogP contribution in [0.1, 0.15) is 16.7 Å². The van der Waals surface area contributed by atoms with Crippen molar-refractivity contribution in [2.24, 2.45) is 0 Å². The molecule has 0 unspecified atom stereocenters. The fourth-order valence-corrected chi connectivity index (χ4v) is 4.81. The summed E-state index contributed by atoms with van der Waals surface area (Å²) in [4.78, 5) is 26.4. The molecule has 21 heteroatoms. The van der Waals surface area contributed by atoms with Crippen molar-refractivity contribution in [2.75, 3.05) is 15.5 Å². The molecule has 2 heterocycles. The largest absolute Gasteiger partial charge is 0.490 e. The summed E-state index contributed by atoms with van der Waals surface area (Å²) in [5.74, 6) is -4.43. The van der Waals surface area contributed by atoms with Crippen molar-refractivity contribution in [1.29, 1.82) is 5.26 Å². The fraction of sp³-hybridized carbons (Fsp3) is 0.138. The molecule has 0 saturated heterocycles. The topological polar surface area (TPSA) is 200 Å². The number of alkyl halides is 6. The Morgan fingerprint density at radius 3 is 2.02 bits per heavy atom. The number of nitriles is 1. The van der Waals surface area contributed by atoms with E-state index in [0.29, 0.717) is 11.8 Å². The molecular weight excluding hydrogens is 745 g/mol. The van der Waals surface area contributed by atoms with Gasteiger partial charge < -0.3 is 21.3 Å². The maximum atomic E-state index is 10.8. The van der Waals surface area contributed by atoms with Crippen LogP contribution in [-0.2, 0) is 31.5 Å². The van der Waals surface area contributed by atoms with Gasteiger partial charge in [0, 0.05) is 40.0 Å². The number of nitrogens with zero attached hydrogens (tertiary/aromatic N) is 4. The third-order valence-corrected chi connectivity index (χ3v) is 7.43. The zero-order valence-corrected chi connectivity index (χ0v) is 27.1. The molecule has 1 aliphatic heterocycles. The van der Waals surface area contributed by atoms with E-state index in [1.807, 2.05) is 24.3 Å². The van der Waals surface area contributed by atoms with E-state index in [0.717, 1.165) is 29.9 Å². The second-order valence-corrected chi connectivity index (χ2v) is 12.3. The highest BCUT2D eigenvalue weighted by Crippen LogP contribution is 2.29. The molecule has 3 aromatic carbocycles. The van der Waals surface area contributed by atoms with E-state index in [9.17, 15) is 34.8 Å². The van der Waals surface area contributed by atoms with Crippen LogP contribution >= 0.6 is 22.5 Å². The lowest BCUT2D eigenvalue weighted by molar-refractivity contribution is -0.193. The molecule has 1 aromatic heterocycles. The molecule has 12 nitrogen and oxygen atoms in total. The number of carboxylic acids is 2. The van der Waals surface area contributed by atoms with Gasteiger partial charge in [-0.2, -0.15) is 36.6 Å². The van der Waals surface area contributed by atoms with Crippen LogP contribution in [0.25, 0.3) is 0 Å². The quantitative estimate of drug-likeness (QED) is 0.0674. The summed E-state index contributed by atoms with van der Waals surface area (Å²) in [6, 6.07) is 23.4. The zero-order valence-electron chi connectivity index (χ0n) is 24.7. The first-order valence-corrected chi connectivity index (χ1v) is 15.8. The lowest BCUT2D eigenvalue weighted by atomic mass is 10.0. The summed E-state index contributed by atoms with van der Waals surface area (Å²) in [5, 5.41) is 26.0. The summed E-state index contributed by atoms with van der Waals surface area (Å²) in [7, 11) is 1.27. The van der Waals surface area contributed by atoms with E-state index in [1.165, 1.54) is 33.7 Å². The molecule has 6 bridgehead atoms. The van der Waals surface area contributed by atoms with Gasteiger partial charge in [0.1, 0.15) is 16.8 Å². The summed E-state index contributed by atoms with van der Waals surface area (Å²) in [5.41, 5.74) is 11.0. The number of rotatable bonds is 1. The van der Waals surface area contributed by atoms with Crippen molar-refractivity contribution < 1.29 is 54.6 Å². The van der Waals surface area contributed by atoms with Crippen LogP contribution in [0.2, 0.25) is 0 Å². The number of carbonyl (C=O) groups is 2. The lowest BCUT2D eigenvalue weighted by Crippen LogP contribution is -2.21. The maximum absolute atomic E-state index is 10.8. The van der Waals surface area contributed by atoms with Gasteiger partial charge in [-0.15, -0.1) is 0 Å². The second-order valence-electron chi connectivity index (χ2n) is 9.43. The number of anilines is 5. The van der Waals surface area contributed by atoms with Crippen molar-refractivity contribution in [3.05, 3.63) is 95.7 Å². The van der Waals surface area contributed by atoms with Gasteiger partial charge in [-0.1, -0.05) is 24.3 Å². The number of hydrogen-bond donors (Lipinski definition) is 4. The van der Waals surface area contributed by atoms with Crippen LogP contribution in [0, 0.1) is 11.3 Å². The van der Waals surface area contributed by atoms with E-state index in [1.54, 1.807) is 24.4 Å². The van der Waals surface area contributed by atoms with Crippen LogP contribution in [-0.4, -0.2) is 52.9 Å². The first-order valence-electron chi connectivity index (χ1n) is 13.2. The van der Waals surface area contributed by atoms with Crippen LogP contribution in [0.4, 0.5) is 55.2 Å². The molecule has 1 aliphatic rings. The maximum Gasteiger partial charge on any atom is 0.490 e. The number of benzene rings is 3. The average Bonchev–Trinajstić information content (AvgIpc) is 3.03. The molecule has 0 fully saturated rings. The molecule has 5 rings (SSSR count). The molecule has 0 radical (unpaired) electrons. The highest BCUT2D eigenvalue weighted by molar-refractivity contribution is 8.13. The highest BCUT2D eigenvalue weighted by atomic mass is 35.7. The van der Waals surface area contributed by atoms with Crippen molar-refractivity contribution >= 4 is 72.3 Å². The minimum absolute atomic E-state index is 0.0625. The van der Waals surface area contributed by atoms with Gasteiger partial charge in [0.15, 0.2) is 0 Å².